The number of allylic oxidation sites excluding steroid dienone is 1. The summed E-state index contributed by atoms with van der Waals surface area (Å²) in [7, 11) is 0. The Morgan fingerprint density at radius 3 is 2.66 bits per heavy atom. The molecule has 6 aliphatic rings. The molecule has 2 N–H and O–H groups in total. The van der Waals surface area contributed by atoms with Crippen molar-refractivity contribution in [1.82, 2.24) is 0 Å². The van der Waals surface area contributed by atoms with Crippen molar-refractivity contribution in [3.8, 4) is 0 Å². The van der Waals surface area contributed by atoms with Crippen LogP contribution in [0.1, 0.15) is 72.6 Å². The van der Waals surface area contributed by atoms with E-state index in [-0.39, 0.29) is 40.5 Å². The van der Waals surface area contributed by atoms with Gasteiger partial charge in [0, 0.05) is 17.8 Å². The second-order valence-electron chi connectivity index (χ2n) is 12.7. The molecule has 12 unspecified atom stereocenters. The summed E-state index contributed by atoms with van der Waals surface area (Å²) in [5.74, 6) is 0.555. The Bertz CT molecular complexity index is 853. The molecule has 2 saturated heterocycles. The first-order valence-electron chi connectivity index (χ1n) is 13.0. The summed E-state index contributed by atoms with van der Waals surface area (Å²) in [4.78, 5) is 14.0. The maximum absolute atomic E-state index is 14.0. The van der Waals surface area contributed by atoms with Crippen LogP contribution in [0.4, 0.5) is 0 Å². The van der Waals surface area contributed by atoms with Gasteiger partial charge in [0.05, 0.1) is 12.7 Å². The van der Waals surface area contributed by atoms with Crippen LogP contribution >= 0.6 is 0 Å². The van der Waals surface area contributed by atoms with Gasteiger partial charge in [0.2, 0.25) is 0 Å². The fourth-order valence-electron chi connectivity index (χ4n) is 9.54. The Balaban J connectivity index is 1.34. The smallest absolute Gasteiger partial charge is 0.198 e. The van der Waals surface area contributed by atoms with Crippen LogP contribution in [-0.4, -0.2) is 46.7 Å². The predicted molar refractivity (Wildman–Crippen MR) is 119 cm³/mol. The Kier molecular flexibility index (Phi) is 4.69. The lowest BCUT2D eigenvalue weighted by atomic mass is 9.46. The molecular formula is C27H40O5. The number of hydrogen-bond donors (Lipinski definition) is 2. The fourth-order valence-corrected chi connectivity index (χ4v) is 9.54. The largest absolute Gasteiger partial charge is 0.393 e. The van der Waals surface area contributed by atoms with Crippen LogP contribution in [0.25, 0.3) is 0 Å². The van der Waals surface area contributed by atoms with Gasteiger partial charge in [-0.15, -0.1) is 0 Å². The molecule has 1 spiro atoms. The lowest BCUT2D eigenvalue weighted by molar-refractivity contribution is -0.312. The average Bonchev–Trinajstić information content (AvgIpc) is 3.16. The lowest BCUT2D eigenvalue weighted by Gasteiger charge is -2.58. The highest BCUT2D eigenvalue weighted by Gasteiger charge is 2.73. The summed E-state index contributed by atoms with van der Waals surface area (Å²) in [6.07, 6.45) is 7.53. The lowest BCUT2D eigenvalue weighted by Crippen LogP contribution is -2.57. The van der Waals surface area contributed by atoms with Gasteiger partial charge in [0.25, 0.3) is 0 Å². The molecule has 6 rings (SSSR count). The normalized spacial score (nSPS) is 59.2. The molecule has 4 aliphatic carbocycles. The maximum atomic E-state index is 14.0. The Morgan fingerprint density at radius 2 is 1.91 bits per heavy atom. The zero-order valence-corrected chi connectivity index (χ0v) is 20.0. The topological polar surface area (TPSA) is 76.0 Å². The summed E-state index contributed by atoms with van der Waals surface area (Å²) >= 11 is 0. The van der Waals surface area contributed by atoms with Crippen LogP contribution in [0, 0.1) is 46.3 Å². The highest BCUT2D eigenvalue weighted by molar-refractivity contribution is 5.90. The number of fused-ring (bicyclic) bond motifs is 7. The van der Waals surface area contributed by atoms with Crippen molar-refractivity contribution in [3.05, 3.63) is 11.6 Å². The zero-order valence-electron chi connectivity index (χ0n) is 20.0. The maximum Gasteiger partial charge on any atom is 0.198 e. The molecule has 0 amide bonds. The Morgan fingerprint density at radius 1 is 1.12 bits per heavy atom. The minimum absolute atomic E-state index is 0.000563. The van der Waals surface area contributed by atoms with E-state index in [1.165, 1.54) is 5.57 Å². The third-order valence-electron chi connectivity index (χ3n) is 11.1. The van der Waals surface area contributed by atoms with Gasteiger partial charge in [-0.2, -0.15) is 0 Å². The molecule has 0 bridgehead atoms. The van der Waals surface area contributed by atoms with Crippen molar-refractivity contribution in [2.24, 2.45) is 46.3 Å². The first-order chi connectivity index (χ1) is 15.1. The van der Waals surface area contributed by atoms with Crippen molar-refractivity contribution in [1.29, 1.82) is 0 Å². The summed E-state index contributed by atoms with van der Waals surface area (Å²) in [5.41, 5.74) is 1.45. The standard InChI is InChI=1S/C27H40O5/c1-14-11-20(29)27(31-13-14)15(2)21-24(32-27)23(30)22-18-6-5-16-12-17(28)7-9-25(16,3)19(18)8-10-26(21,22)4/h5,14-15,17-22,24,28-29H,6-13H2,1-4H3. The second-order valence-corrected chi connectivity index (χ2v) is 12.7. The van der Waals surface area contributed by atoms with E-state index in [4.69, 9.17) is 9.47 Å². The summed E-state index contributed by atoms with van der Waals surface area (Å²) in [6, 6.07) is 0. The van der Waals surface area contributed by atoms with Crippen molar-refractivity contribution in [2.45, 2.75) is 96.7 Å². The molecule has 12 atom stereocenters. The van der Waals surface area contributed by atoms with Crippen LogP contribution in [-0.2, 0) is 14.3 Å². The number of aliphatic hydroxyl groups is 2. The highest BCUT2D eigenvalue weighted by atomic mass is 16.7. The van der Waals surface area contributed by atoms with Gasteiger partial charge in [-0.3, -0.25) is 4.79 Å². The monoisotopic (exact) mass is 444 g/mol. The van der Waals surface area contributed by atoms with Crippen LogP contribution in [0.2, 0.25) is 0 Å². The minimum Gasteiger partial charge on any atom is -0.393 e. The van der Waals surface area contributed by atoms with E-state index in [2.05, 4.69) is 33.8 Å². The Hall–Kier alpha value is -0.750. The van der Waals surface area contributed by atoms with Crippen LogP contribution in [0.3, 0.4) is 0 Å². The highest BCUT2D eigenvalue weighted by Crippen LogP contribution is 2.69. The van der Waals surface area contributed by atoms with Crippen molar-refractivity contribution >= 4 is 5.78 Å². The van der Waals surface area contributed by atoms with Gasteiger partial charge in [-0.05, 0) is 73.5 Å². The number of rotatable bonds is 0. The van der Waals surface area contributed by atoms with Gasteiger partial charge >= 0.3 is 0 Å². The molecule has 0 aromatic heterocycles. The molecule has 2 heterocycles. The second kappa shape index (κ2) is 6.90. The van der Waals surface area contributed by atoms with E-state index >= 15 is 0 Å². The van der Waals surface area contributed by atoms with Gasteiger partial charge in [0.15, 0.2) is 11.6 Å². The van der Waals surface area contributed by atoms with E-state index in [0.29, 0.717) is 30.8 Å². The zero-order chi connectivity index (χ0) is 22.6. The summed E-state index contributed by atoms with van der Waals surface area (Å²) in [5, 5.41) is 21.2. The molecule has 0 aromatic rings. The number of Topliss-reactive ketones (excluding diaryl/α,β-unsaturated/α-hetero) is 1. The summed E-state index contributed by atoms with van der Waals surface area (Å²) < 4.78 is 12.7. The van der Waals surface area contributed by atoms with Crippen LogP contribution in [0.5, 0.6) is 0 Å². The fraction of sp³-hybridized carbons (Fsp3) is 0.889. The van der Waals surface area contributed by atoms with Crippen molar-refractivity contribution in [3.63, 3.8) is 0 Å². The number of ketones is 1. The van der Waals surface area contributed by atoms with Gasteiger partial charge < -0.3 is 19.7 Å². The molecule has 178 valence electrons. The van der Waals surface area contributed by atoms with Crippen LogP contribution in [0.15, 0.2) is 11.6 Å². The first kappa shape index (κ1) is 21.8. The SMILES string of the molecule is CC1COC2(OC3C(=O)C4C5CC=C6CC(O)CCC6(C)C5CCC4(C)C3C2C)C(O)C1. The van der Waals surface area contributed by atoms with Crippen molar-refractivity contribution in [2.75, 3.05) is 6.61 Å². The van der Waals surface area contributed by atoms with E-state index in [1.807, 2.05) is 0 Å². The molecule has 5 nitrogen and oxygen atoms in total. The van der Waals surface area contributed by atoms with Crippen LogP contribution < -0.4 is 0 Å². The van der Waals surface area contributed by atoms with E-state index in [9.17, 15) is 15.0 Å². The number of carbonyl (C=O) groups excluding carboxylic acids is 1. The van der Waals surface area contributed by atoms with Crippen molar-refractivity contribution < 1.29 is 24.5 Å². The number of hydrogen-bond acceptors (Lipinski definition) is 5. The van der Waals surface area contributed by atoms with E-state index in [1.54, 1.807) is 0 Å². The number of ether oxygens (including phenoxy) is 2. The molecule has 5 fully saturated rings. The third kappa shape index (κ3) is 2.57. The quantitative estimate of drug-likeness (QED) is 0.555. The average molecular weight is 445 g/mol. The summed E-state index contributed by atoms with van der Waals surface area (Å²) in [6.45, 7) is 9.55. The third-order valence-corrected chi connectivity index (χ3v) is 11.1. The van der Waals surface area contributed by atoms with E-state index in [0.717, 1.165) is 38.5 Å². The number of aliphatic hydroxyl groups excluding tert-OH is 2. The van der Waals surface area contributed by atoms with E-state index < -0.39 is 18.0 Å². The molecule has 0 aromatic carbocycles. The predicted octanol–water partition coefficient (Wildman–Crippen LogP) is 3.86. The number of carbonyl (C=O) groups is 1. The molecule has 0 radical (unpaired) electrons. The molecular weight excluding hydrogens is 404 g/mol. The van der Waals surface area contributed by atoms with Gasteiger partial charge in [-0.1, -0.05) is 39.3 Å². The van der Waals surface area contributed by atoms with Gasteiger partial charge in [0.1, 0.15) is 12.2 Å². The first-order valence-corrected chi connectivity index (χ1v) is 13.0. The molecule has 5 heteroatoms. The van der Waals surface area contributed by atoms with Gasteiger partial charge in [-0.25, -0.2) is 0 Å². The minimum atomic E-state index is -1.02. The molecule has 3 saturated carbocycles. The molecule has 32 heavy (non-hydrogen) atoms. The Labute approximate surface area is 191 Å². The molecule has 2 aliphatic heterocycles.